The molecule has 3 heteroatoms. The molecule has 18 heavy (non-hydrogen) atoms. The Morgan fingerprint density at radius 3 is 1.56 bits per heavy atom. The van der Waals surface area contributed by atoms with E-state index in [1.807, 2.05) is 60.7 Å². The van der Waals surface area contributed by atoms with Crippen LogP contribution >= 0.6 is 0 Å². The van der Waals surface area contributed by atoms with Crippen molar-refractivity contribution >= 4 is 5.97 Å². The number of carbonyl (C=O) groups is 1. The first-order valence-electron chi connectivity index (χ1n) is 5.50. The summed E-state index contributed by atoms with van der Waals surface area (Å²) in [6, 6.07) is 18.6. The molecule has 0 aliphatic heterocycles. The van der Waals surface area contributed by atoms with Crippen LogP contribution < -0.4 is 29.6 Å². The number of carboxylic acids is 1. The minimum absolute atomic E-state index is 0. The van der Waals surface area contributed by atoms with Gasteiger partial charge in [0.05, 0.1) is 0 Å². The van der Waals surface area contributed by atoms with E-state index in [-0.39, 0.29) is 31.0 Å². The van der Waals surface area contributed by atoms with Crippen LogP contribution in [0.25, 0.3) is 0 Å². The number of carboxylic acid groups (broad SMARTS) is 1. The number of hydrogen-bond acceptors (Lipinski definition) is 1. The van der Waals surface area contributed by atoms with Gasteiger partial charge in [-0.3, -0.25) is 4.79 Å². The van der Waals surface area contributed by atoms with Crippen molar-refractivity contribution in [1.82, 2.24) is 0 Å². The Bertz CT molecular complexity index is 475. The van der Waals surface area contributed by atoms with Crippen LogP contribution in [-0.2, 0) is 10.2 Å². The maximum Gasteiger partial charge on any atom is 1.00 e. The largest absolute Gasteiger partial charge is 1.00 e. The van der Waals surface area contributed by atoms with Crippen LogP contribution in [0.2, 0.25) is 0 Å². The summed E-state index contributed by atoms with van der Waals surface area (Å²) in [6.07, 6.45) is 0. The molecular formula is C15H15NaO2. The molecule has 1 N–H and O–H groups in total. The van der Waals surface area contributed by atoms with E-state index >= 15 is 0 Å². The van der Waals surface area contributed by atoms with E-state index in [9.17, 15) is 9.90 Å². The van der Waals surface area contributed by atoms with Gasteiger partial charge in [0.15, 0.2) is 0 Å². The number of rotatable bonds is 3. The fourth-order valence-electron chi connectivity index (χ4n) is 1.96. The van der Waals surface area contributed by atoms with Crippen molar-refractivity contribution in [3.63, 3.8) is 0 Å². The second-order valence-corrected chi connectivity index (χ2v) is 4.16. The molecule has 0 bridgehead atoms. The summed E-state index contributed by atoms with van der Waals surface area (Å²) in [5.74, 6) is -0.838. The monoisotopic (exact) mass is 250 g/mol. The molecular weight excluding hydrogens is 235 g/mol. The predicted molar refractivity (Wildman–Crippen MR) is 68.1 cm³/mol. The quantitative estimate of drug-likeness (QED) is 0.790. The smallest absolute Gasteiger partial charge is 1.00 e. The number of hydrogen-bond donors (Lipinski definition) is 1. The van der Waals surface area contributed by atoms with E-state index in [2.05, 4.69) is 0 Å². The first-order chi connectivity index (χ1) is 8.15. The molecule has 0 aromatic heterocycles. The molecule has 0 spiro atoms. The molecule has 2 rings (SSSR count). The van der Waals surface area contributed by atoms with Crippen LogP contribution in [0, 0.1) is 0 Å². The summed E-state index contributed by atoms with van der Waals surface area (Å²) in [5.41, 5.74) is 0.583. The standard InChI is InChI=1S/C15H14O2.Na.H/c1-15(14(16)17,12-8-4-2-5-9-12)13-10-6-3-7-11-13;;/h2-11H,1H3,(H,16,17);;/q;+1;-1. The molecule has 0 saturated carbocycles. The maximum atomic E-state index is 11.6. The summed E-state index contributed by atoms with van der Waals surface area (Å²) in [5, 5.41) is 9.54. The predicted octanol–water partition coefficient (Wildman–Crippen LogP) is 0.194. The normalized spacial score (nSPS) is 10.5. The fourth-order valence-corrected chi connectivity index (χ4v) is 1.96. The molecule has 0 aliphatic carbocycles. The molecule has 0 radical (unpaired) electrons. The third-order valence-corrected chi connectivity index (χ3v) is 3.13. The van der Waals surface area contributed by atoms with Crippen molar-refractivity contribution in [3.05, 3.63) is 71.8 Å². The molecule has 0 aliphatic rings. The van der Waals surface area contributed by atoms with Crippen molar-refractivity contribution in [3.8, 4) is 0 Å². The maximum absolute atomic E-state index is 11.6. The van der Waals surface area contributed by atoms with Gasteiger partial charge in [0.1, 0.15) is 5.41 Å². The average molecular weight is 250 g/mol. The zero-order valence-corrected chi connectivity index (χ0v) is 12.6. The summed E-state index contributed by atoms with van der Waals surface area (Å²) in [6.45, 7) is 1.74. The van der Waals surface area contributed by atoms with Crippen LogP contribution in [0.15, 0.2) is 60.7 Å². The second-order valence-electron chi connectivity index (χ2n) is 4.16. The number of benzene rings is 2. The van der Waals surface area contributed by atoms with Gasteiger partial charge in [0.25, 0.3) is 0 Å². The Balaban J connectivity index is 0.00000162. The molecule has 0 unspecified atom stereocenters. The Hall–Kier alpha value is -1.09. The van der Waals surface area contributed by atoms with E-state index in [0.717, 1.165) is 11.1 Å². The molecule has 0 atom stereocenters. The minimum atomic E-state index is -0.998. The van der Waals surface area contributed by atoms with Gasteiger partial charge in [0, 0.05) is 0 Å². The molecule has 88 valence electrons. The van der Waals surface area contributed by atoms with E-state index in [1.54, 1.807) is 6.92 Å². The molecule has 2 aromatic carbocycles. The van der Waals surface area contributed by atoms with E-state index in [1.165, 1.54) is 0 Å². The van der Waals surface area contributed by atoms with Gasteiger partial charge >= 0.3 is 35.5 Å². The van der Waals surface area contributed by atoms with Gasteiger partial charge in [-0.15, -0.1) is 0 Å². The van der Waals surface area contributed by atoms with Crippen LogP contribution in [0.1, 0.15) is 19.5 Å². The van der Waals surface area contributed by atoms with Gasteiger partial charge < -0.3 is 6.53 Å². The SMILES string of the molecule is CC(C(=O)O)(c1ccccc1)c1ccccc1.[H-].[Na+]. The van der Waals surface area contributed by atoms with Crippen LogP contribution in [0.4, 0.5) is 0 Å². The Kier molecular flexibility index (Phi) is 5.15. The zero-order valence-electron chi connectivity index (χ0n) is 11.6. The van der Waals surface area contributed by atoms with Crippen LogP contribution in [0.5, 0.6) is 0 Å². The molecule has 2 nitrogen and oxygen atoms in total. The van der Waals surface area contributed by atoms with E-state index in [0.29, 0.717) is 0 Å². The van der Waals surface area contributed by atoms with Gasteiger partial charge in [-0.05, 0) is 18.1 Å². The Labute approximate surface area is 130 Å². The molecule has 0 fully saturated rings. The van der Waals surface area contributed by atoms with Gasteiger partial charge in [0.2, 0.25) is 0 Å². The van der Waals surface area contributed by atoms with Gasteiger partial charge in [-0.1, -0.05) is 60.7 Å². The summed E-state index contributed by atoms with van der Waals surface area (Å²) in [7, 11) is 0. The van der Waals surface area contributed by atoms with Crippen molar-refractivity contribution < 1.29 is 40.9 Å². The molecule has 0 saturated heterocycles. The molecule has 2 aromatic rings. The summed E-state index contributed by atoms with van der Waals surface area (Å²) < 4.78 is 0. The third-order valence-electron chi connectivity index (χ3n) is 3.13. The third kappa shape index (κ3) is 2.66. The summed E-state index contributed by atoms with van der Waals surface area (Å²) in [4.78, 5) is 11.6. The topological polar surface area (TPSA) is 37.3 Å². The van der Waals surface area contributed by atoms with Crippen molar-refractivity contribution in [2.45, 2.75) is 12.3 Å². The first-order valence-corrected chi connectivity index (χ1v) is 5.50. The van der Waals surface area contributed by atoms with Crippen molar-refractivity contribution in [1.29, 1.82) is 0 Å². The molecule has 0 amide bonds. The number of aliphatic carboxylic acids is 1. The Morgan fingerprint density at radius 1 is 0.944 bits per heavy atom. The van der Waals surface area contributed by atoms with Crippen molar-refractivity contribution in [2.24, 2.45) is 0 Å². The zero-order chi connectivity index (χ0) is 12.3. The first kappa shape index (κ1) is 15.0. The van der Waals surface area contributed by atoms with Crippen molar-refractivity contribution in [2.75, 3.05) is 0 Å². The van der Waals surface area contributed by atoms with Gasteiger partial charge in [-0.25, -0.2) is 0 Å². The van der Waals surface area contributed by atoms with Crippen LogP contribution in [0.3, 0.4) is 0 Å². The van der Waals surface area contributed by atoms with E-state index < -0.39 is 11.4 Å². The van der Waals surface area contributed by atoms with E-state index in [4.69, 9.17) is 0 Å². The minimum Gasteiger partial charge on any atom is -1.00 e. The average Bonchev–Trinajstić information content (AvgIpc) is 2.39. The van der Waals surface area contributed by atoms with Crippen LogP contribution in [-0.4, -0.2) is 11.1 Å². The Morgan fingerprint density at radius 2 is 1.28 bits per heavy atom. The summed E-state index contributed by atoms with van der Waals surface area (Å²) >= 11 is 0. The van der Waals surface area contributed by atoms with Gasteiger partial charge in [-0.2, -0.15) is 0 Å². The fraction of sp³-hybridized carbons (Fsp3) is 0.133. The second kappa shape index (κ2) is 6.19. The molecule has 0 heterocycles.